The Morgan fingerprint density at radius 3 is 2.56 bits per heavy atom. The average Bonchev–Trinajstić information content (AvgIpc) is 2.53. The molecule has 1 N–H and O–H groups in total. The fourth-order valence-electron chi connectivity index (χ4n) is 2.13. The van der Waals surface area contributed by atoms with Gasteiger partial charge >= 0.3 is 0 Å². The first-order chi connectivity index (χ1) is 7.83. The molecule has 1 rings (SSSR count). The van der Waals surface area contributed by atoms with E-state index in [1.807, 2.05) is 13.8 Å². The van der Waals surface area contributed by atoms with Crippen LogP contribution in [0, 0.1) is 0 Å². The fraction of sp³-hybridized carbons (Fsp3) is 1.00. The summed E-state index contributed by atoms with van der Waals surface area (Å²) in [6, 6.07) is 0.789. The molecule has 2 nitrogen and oxygen atoms in total. The van der Waals surface area contributed by atoms with Crippen LogP contribution in [0.5, 0.6) is 0 Å². The van der Waals surface area contributed by atoms with Gasteiger partial charge in [0, 0.05) is 6.04 Å². The highest BCUT2D eigenvalue weighted by atomic mass is 15.1. The van der Waals surface area contributed by atoms with Crippen LogP contribution in [-0.2, 0) is 0 Å². The van der Waals surface area contributed by atoms with Gasteiger partial charge in [-0.15, -0.1) is 0 Å². The smallest absolute Gasteiger partial charge is 0.00797 e. The first-order valence-electron chi connectivity index (χ1n) is 7.25. The molecule has 0 aromatic heterocycles. The number of hydrogen-bond acceptors (Lipinski definition) is 2. The third-order valence-electron chi connectivity index (χ3n) is 3.17. The van der Waals surface area contributed by atoms with Gasteiger partial charge in [-0.2, -0.15) is 0 Å². The summed E-state index contributed by atoms with van der Waals surface area (Å²) in [7, 11) is 2.24. The number of rotatable bonds is 5. The topological polar surface area (TPSA) is 15.3 Å². The van der Waals surface area contributed by atoms with Crippen LogP contribution in [0.2, 0.25) is 0 Å². The molecule has 98 valence electrons. The van der Waals surface area contributed by atoms with Crippen LogP contribution in [-0.4, -0.2) is 37.6 Å². The molecule has 0 amide bonds. The molecular weight excluding hydrogens is 196 g/mol. The standard InChI is InChI=1S/C12H26N2.C2H6/c1-3-4-5-9-13-12-7-6-10-14(2)11-8-12;1-2/h12-13H,3-11H2,1-2H3;1-2H3. The Balaban J connectivity index is 0.00000106. The predicted molar refractivity (Wildman–Crippen MR) is 74.0 cm³/mol. The van der Waals surface area contributed by atoms with Gasteiger partial charge in [0.15, 0.2) is 0 Å². The normalized spacial score (nSPS) is 22.1. The summed E-state index contributed by atoms with van der Waals surface area (Å²) in [6.07, 6.45) is 8.12. The lowest BCUT2D eigenvalue weighted by atomic mass is 10.1. The van der Waals surface area contributed by atoms with Crippen molar-refractivity contribution in [2.75, 3.05) is 26.7 Å². The van der Waals surface area contributed by atoms with Crippen LogP contribution in [0.25, 0.3) is 0 Å². The summed E-state index contributed by atoms with van der Waals surface area (Å²) in [5.74, 6) is 0. The van der Waals surface area contributed by atoms with Crippen LogP contribution >= 0.6 is 0 Å². The van der Waals surface area contributed by atoms with Crippen molar-refractivity contribution in [3.05, 3.63) is 0 Å². The lowest BCUT2D eigenvalue weighted by molar-refractivity contribution is 0.343. The molecule has 16 heavy (non-hydrogen) atoms. The Labute approximate surface area is 103 Å². The zero-order valence-corrected chi connectivity index (χ0v) is 11.9. The predicted octanol–water partition coefficient (Wildman–Crippen LogP) is 3.28. The summed E-state index contributed by atoms with van der Waals surface area (Å²) in [5, 5.41) is 3.69. The summed E-state index contributed by atoms with van der Waals surface area (Å²) in [6.45, 7) is 10.0. The maximum Gasteiger partial charge on any atom is 0.00797 e. The Bertz CT molecular complexity index is 137. The Morgan fingerprint density at radius 2 is 1.88 bits per heavy atom. The summed E-state index contributed by atoms with van der Waals surface area (Å²) in [4.78, 5) is 2.45. The van der Waals surface area contributed by atoms with E-state index in [1.165, 1.54) is 58.2 Å². The molecule has 0 bridgehead atoms. The lowest BCUT2D eigenvalue weighted by Gasteiger charge is -2.16. The molecule has 0 radical (unpaired) electrons. The highest BCUT2D eigenvalue weighted by molar-refractivity contribution is 4.73. The molecule has 1 aliphatic rings. The minimum atomic E-state index is 0.789. The Morgan fingerprint density at radius 1 is 1.12 bits per heavy atom. The highest BCUT2D eigenvalue weighted by Crippen LogP contribution is 2.09. The Kier molecular flexibility index (Phi) is 11.3. The van der Waals surface area contributed by atoms with Crippen molar-refractivity contribution in [3.8, 4) is 0 Å². The van der Waals surface area contributed by atoms with Crippen LogP contribution in [0.4, 0.5) is 0 Å². The van der Waals surface area contributed by atoms with Gasteiger partial charge in [-0.25, -0.2) is 0 Å². The minimum Gasteiger partial charge on any atom is -0.314 e. The van der Waals surface area contributed by atoms with Crippen LogP contribution in [0.1, 0.15) is 59.3 Å². The number of likely N-dealkylation sites (tertiary alicyclic amines) is 1. The first-order valence-corrected chi connectivity index (χ1v) is 7.25. The van der Waals surface area contributed by atoms with Crippen molar-refractivity contribution in [3.63, 3.8) is 0 Å². The van der Waals surface area contributed by atoms with Crippen molar-refractivity contribution in [2.45, 2.75) is 65.3 Å². The molecule has 0 saturated carbocycles. The van der Waals surface area contributed by atoms with Gasteiger partial charge in [0.05, 0.1) is 0 Å². The fourth-order valence-corrected chi connectivity index (χ4v) is 2.13. The quantitative estimate of drug-likeness (QED) is 0.727. The van der Waals surface area contributed by atoms with Gasteiger partial charge in [-0.05, 0) is 52.4 Å². The molecule has 0 aliphatic carbocycles. The van der Waals surface area contributed by atoms with Crippen molar-refractivity contribution in [1.29, 1.82) is 0 Å². The molecule has 1 fully saturated rings. The molecule has 1 saturated heterocycles. The second-order valence-corrected chi connectivity index (χ2v) is 4.59. The van der Waals surface area contributed by atoms with E-state index in [0.29, 0.717) is 0 Å². The van der Waals surface area contributed by atoms with Crippen molar-refractivity contribution < 1.29 is 0 Å². The molecule has 1 aliphatic heterocycles. The summed E-state index contributed by atoms with van der Waals surface area (Å²) in [5.41, 5.74) is 0. The van der Waals surface area contributed by atoms with E-state index in [0.717, 1.165) is 6.04 Å². The van der Waals surface area contributed by atoms with Gasteiger partial charge in [0.25, 0.3) is 0 Å². The third-order valence-corrected chi connectivity index (χ3v) is 3.17. The van der Waals surface area contributed by atoms with E-state index in [1.54, 1.807) is 0 Å². The monoisotopic (exact) mass is 228 g/mol. The lowest BCUT2D eigenvalue weighted by Crippen LogP contribution is -2.31. The average molecular weight is 228 g/mol. The first kappa shape index (κ1) is 15.9. The maximum absolute atomic E-state index is 3.69. The van der Waals surface area contributed by atoms with Crippen LogP contribution < -0.4 is 5.32 Å². The second-order valence-electron chi connectivity index (χ2n) is 4.59. The van der Waals surface area contributed by atoms with E-state index in [4.69, 9.17) is 0 Å². The van der Waals surface area contributed by atoms with Crippen molar-refractivity contribution in [2.24, 2.45) is 0 Å². The maximum atomic E-state index is 3.69. The number of hydrogen-bond donors (Lipinski definition) is 1. The van der Waals surface area contributed by atoms with E-state index in [-0.39, 0.29) is 0 Å². The third kappa shape index (κ3) is 8.12. The molecule has 1 atom stereocenters. The van der Waals surface area contributed by atoms with E-state index in [2.05, 4.69) is 24.2 Å². The number of nitrogens with one attached hydrogen (secondary N) is 1. The molecule has 0 aromatic rings. The van der Waals surface area contributed by atoms with Crippen molar-refractivity contribution in [1.82, 2.24) is 10.2 Å². The minimum absolute atomic E-state index is 0.789. The van der Waals surface area contributed by atoms with E-state index >= 15 is 0 Å². The van der Waals surface area contributed by atoms with E-state index in [9.17, 15) is 0 Å². The zero-order chi connectivity index (χ0) is 12.2. The van der Waals surface area contributed by atoms with Crippen LogP contribution in [0.3, 0.4) is 0 Å². The molecular formula is C14H32N2. The molecule has 1 unspecified atom stereocenters. The van der Waals surface area contributed by atoms with E-state index < -0.39 is 0 Å². The molecule has 0 aromatic carbocycles. The van der Waals surface area contributed by atoms with Gasteiger partial charge in [0.2, 0.25) is 0 Å². The Hall–Kier alpha value is -0.0800. The van der Waals surface area contributed by atoms with Crippen molar-refractivity contribution >= 4 is 0 Å². The molecule has 0 spiro atoms. The highest BCUT2D eigenvalue weighted by Gasteiger charge is 2.13. The van der Waals surface area contributed by atoms with Gasteiger partial charge in [-0.3, -0.25) is 0 Å². The van der Waals surface area contributed by atoms with Gasteiger partial charge in [0.1, 0.15) is 0 Å². The summed E-state index contributed by atoms with van der Waals surface area (Å²) < 4.78 is 0. The largest absolute Gasteiger partial charge is 0.314 e. The SMILES string of the molecule is CC.CCCCCNC1CCCN(C)CC1. The summed E-state index contributed by atoms with van der Waals surface area (Å²) >= 11 is 0. The van der Waals surface area contributed by atoms with Gasteiger partial charge < -0.3 is 10.2 Å². The zero-order valence-electron chi connectivity index (χ0n) is 11.9. The van der Waals surface area contributed by atoms with Gasteiger partial charge in [-0.1, -0.05) is 33.6 Å². The molecule has 2 heteroatoms. The van der Waals surface area contributed by atoms with Crippen LogP contribution in [0.15, 0.2) is 0 Å². The number of nitrogens with zero attached hydrogens (tertiary/aromatic N) is 1. The molecule has 1 heterocycles. The number of unbranched alkanes of at least 4 members (excludes halogenated alkanes) is 2. The second kappa shape index (κ2) is 11.4.